The first-order valence-corrected chi connectivity index (χ1v) is 2.01. The van der Waals surface area contributed by atoms with Crippen LogP contribution in [0.3, 0.4) is 0 Å². The smallest absolute Gasteiger partial charge is 0.0722 e. The van der Waals surface area contributed by atoms with Gasteiger partial charge in [-0.25, -0.2) is 0 Å². The van der Waals surface area contributed by atoms with E-state index in [2.05, 4.69) is 15.9 Å². The quantitative estimate of drug-likeness (QED) is 0.436. The maximum absolute atomic E-state index is 9.45. The standard InChI is InChI=1S/C3H4N4O/c8-6-5-7-3-1-2-4-7/h1-3H,(H,5,8). The topological polar surface area (TPSA) is 59.3 Å². The van der Waals surface area contributed by atoms with Gasteiger partial charge in [0.2, 0.25) is 0 Å². The van der Waals surface area contributed by atoms with E-state index >= 15 is 0 Å². The molecule has 1 rings (SSSR count). The van der Waals surface area contributed by atoms with E-state index in [1.807, 2.05) is 0 Å². The second-order valence-corrected chi connectivity index (χ2v) is 1.14. The number of aromatic nitrogens is 2. The van der Waals surface area contributed by atoms with E-state index in [1.54, 1.807) is 12.3 Å². The van der Waals surface area contributed by atoms with E-state index in [-0.39, 0.29) is 0 Å². The number of nitroso groups, excluding NO2 is 1. The summed E-state index contributed by atoms with van der Waals surface area (Å²) in [7, 11) is 0. The maximum Gasteiger partial charge on any atom is 0.0722 e. The minimum absolute atomic E-state index is 1.20. The van der Waals surface area contributed by atoms with Gasteiger partial charge in [-0.1, -0.05) is 0 Å². The zero-order valence-electron chi connectivity index (χ0n) is 3.98. The van der Waals surface area contributed by atoms with Gasteiger partial charge in [-0.2, -0.15) is 15.4 Å². The van der Waals surface area contributed by atoms with E-state index in [4.69, 9.17) is 0 Å². The maximum atomic E-state index is 9.45. The zero-order chi connectivity index (χ0) is 5.82. The van der Waals surface area contributed by atoms with Crippen LogP contribution in [0.2, 0.25) is 0 Å². The van der Waals surface area contributed by atoms with Gasteiger partial charge >= 0.3 is 0 Å². The Morgan fingerprint density at radius 3 is 3.12 bits per heavy atom. The SMILES string of the molecule is O=NNn1cccn1. The molecule has 0 aliphatic rings. The van der Waals surface area contributed by atoms with Gasteiger partial charge in [0.25, 0.3) is 0 Å². The molecule has 0 saturated heterocycles. The average Bonchev–Trinajstić information content (AvgIpc) is 2.19. The summed E-state index contributed by atoms with van der Waals surface area (Å²) < 4.78 is 0. The lowest BCUT2D eigenvalue weighted by Crippen LogP contribution is -2.06. The molecule has 0 radical (unpaired) electrons. The van der Waals surface area contributed by atoms with Gasteiger partial charge in [0, 0.05) is 0 Å². The van der Waals surface area contributed by atoms with E-state index < -0.39 is 0 Å². The largest absolute Gasteiger partial charge is 0.163 e. The Morgan fingerprint density at radius 2 is 2.62 bits per heavy atom. The van der Waals surface area contributed by atoms with Gasteiger partial charge < -0.3 is 0 Å². The van der Waals surface area contributed by atoms with Crippen LogP contribution in [0.5, 0.6) is 0 Å². The fourth-order valence-corrected chi connectivity index (χ4v) is 0.370. The van der Waals surface area contributed by atoms with Crippen molar-refractivity contribution in [3.05, 3.63) is 23.4 Å². The normalized spacial score (nSPS) is 8.50. The minimum atomic E-state index is 1.20. The van der Waals surface area contributed by atoms with Crippen LogP contribution in [-0.2, 0) is 0 Å². The van der Waals surface area contributed by atoms with Gasteiger partial charge in [0.15, 0.2) is 0 Å². The van der Waals surface area contributed by atoms with Crippen molar-refractivity contribution >= 4 is 0 Å². The summed E-state index contributed by atoms with van der Waals surface area (Å²) in [6.45, 7) is 0. The van der Waals surface area contributed by atoms with Crippen LogP contribution in [0.25, 0.3) is 0 Å². The summed E-state index contributed by atoms with van der Waals surface area (Å²) in [4.78, 5) is 10.7. The molecule has 1 heterocycles. The molecule has 1 aromatic heterocycles. The van der Waals surface area contributed by atoms with Gasteiger partial charge in [0.1, 0.15) is 0 Å². The predicted molar refractivity (Wildman–Crippen MR) is 27.4 cm³/mol. The monoisotopic (exact) mass is 112 g/mol. The first-order chi connectivity index (χ1) is 3.93. The van der Waals surface area contributed by atoms with Crippen LogP contribution in [0, 0.1) is 4.91 Å². The van der Waals surface area contributed by atoms with Crippen molar-refractivity contribution < 1.29 is 0 Å². The summed E-state index contributed by atoms with van der Waals surface area (Å²) in [6, 6.07) is 1.68. The molecule has 1 aromatic rings. The molecule has 1 N–H and O–H groups in total. The van der Waals surface area contributed by atoms with E-state index in [0.29, 0.717) is 0 Å². The fourth-order valence-electron chi connectivity index (χ4n) is 0.370. The first kappa shape index (κ1) is 4.76. The van der Waals surface area contributed by atoms with Crippen molar-refractivity contribution in [1.82, 2.24) is 9.89 Å². The molecule has 42 valence electrons. The third-order valence-corrected chi connectivity index (χ3v) is 0.648. The Labute approximate surface area is 45.2 Å². The molecule has 5 heteroatoms. The number of hydrogen-bond donors (Lipinski definition) is 1. The average molecular weight is 112 g/mol. The van der Waals surface area contributed by atoms with E-state index in [1.165, 1.54) is 11.0 Å². The summed E-state index contributed by atoms with van der Waals surface area (Å²) in [5.41, 5.74) is 2.06. The molecule has 0 fully saturated rings. The van der Waals surface area contributed by atoms with Gasteiger partial charge in [-0.15, -0.1) is 4.91 Å². The van der Waals surface area contributed by atoms with Gasteiger partial charge in [-0.3, -0.25) is 0 Å². The van der Waals surface area contributed by atoms with Crippen molar-refractivity contribution in [2.75, 3.05) is 5.53 Å². The van der Waals surface area contributed by atoms with Crippen molar-refractivity contribution in [3.63, 3.8) is 0 Å². The summed E-state index contributed by atoms with van der Waals surface area (Å²) in [6.07, 6.45) is 3.11. The predicted octanol–water partition coefficient (Wildman–Crippen LogP) is 0.108. The number of rotatable bonds is 2. The molecule has 5 nitrogen and oxygen atoms in total. The molecule has 0 atom stereocenters. The molecule has 8 heavy (non-hydrogen) atoms. The highest BCUT2D eigenvalue weighted by atomic mass is 16.3. The molecular weight excluding hydrogens is 108 g/mol. The second-order valence-electron chi connectivity index (χ2n) is 1.14. The Balaban J connectivity index is 2.62. The van der Waals surface area contributed by atoms with Crippen LogP contribution >= 0.6 is 0 Å². The zero-order valence-corrected chi connectivity index (χ0v) is 3.98. The van der Waals surface area contributed by atoms with Crippen molar-refractivity contribution in [2.24, 2.45) is 5.29 Å². The molecular formula is C3H4N4O. The highest BCUT2D eigenvalue weighted by molar-refractivity contribution is 4.79. The van der Waals surface area contributed by atoms with E-state index in [9.17, 15) is 4.91 Å². The fraction of sp³-hybridized carbons (Fsp3) is 0. The first-order valence-electron chi connectivity index (χ1n) is 2.01. The summed E-state index contributed by atoms with van der Waals surface area (Å²) in [5, 5.41) is 6.00. The Kier molecular flexibility index (Phi) is 1.23. The van der Waals surface area contributed by atoms with Crippen LogP contribution in [0.4, 0.5) is 0 Å². The molecule has 0 aromatic carbocycles. The molecule has 0 aliphatic carbocycles. The highest BCUT2D eigenvalue weighted by Crippen LogP contribution is 1.76. The molecule has 0 unspecified atom stereocenters. The number of hydrogen-bond acceptors (Lipinski definition) is 3. The van der Waals surface area contributed by atoms with Crippen LogP contribution in [-0.4, -0.2) is 9.89 Å². The van der Waals surface area contributed by atoms with E-state index in [0.717, 1.165) is 0 Å². The second kappa shape index (κ2) is 2.06. The third-order valence-electron chi connectivity index (χ3n) is 0.648. The lowest BCUT2D eigenvalue weighted by molar-refractivity contribution is 0.751. The lowest BCUT2D eigenvalue weighted by Gasteiger charge is -1.89. The van der Waals surface area contributed by atoms with Gasteiger partial charge in [-0.05, 0) is 6.07 Å². The lowest BCUT2D eigenvalue weighted by atomic mass is 10.8. The van der Waals surface area contributed by atoms with Crippen LogP contribution < -0.4 is 5.53 Å². The minimum Gasteiger partial charge on any atom is -0.163 e. The number of nitrogens with one attached hydrogen (secondary N) is 1. The van der Waals surface area contributed by atoms with Crippen molar-refractivity contribution in [2.45, 2.75) is 0 Å². The molecule has 0 spiro atoms. The Bertz CT molecular complexity index is 158. The van der Waals surface area contributed by atoms with Crippen molar-refractivity contribution in [1.29, 1.82) is 0 Å². The highest BCUT2D eigenvalue weighted by Gasteiger charge is 1.80. The van der Waals surface area contributed by atoms with Crippen LogP contribution in [0.15, 0.2) is 23.7 Å². The summed E-state index contributed by atoms with van der Waals surface area (Å²) in [5.74, 6) is 0. The third kappa shape index (κ3) is 0.810. The summed E-state index contributed by atoms with van der Waals surface area (Å²) >= 11 is 0. The van der Waals surface area contributed by atoms with Crippen LogP contribution in [0.1, 0.15) is 0 Å². The Morgan fingerprint density at radius 1 is 1.75 bits per heavy atom. The van der Waals surface area contributed by atoms with Crippen molar-refractivity contribution in [3.8, 4) is 0 Å². The molecule has 0 aliphatic heterocycles. The number of nitrogens with zero attached hydrogens (tertiary/aromatic N) is 3. The molecule has 0 amide bonds. The molecule has 0 bridgehead atoms. The Hall–Kier alpha value is -1.39. The van der Waals surface area contributed by atoms with Gasteiger partial charge in [0.05, 0.1) is 17.7 Å². The molecule has 0 saturated carbocycles.